The van der Waals surface area contributed by atoms with E-state index in [1.54, 1.807) is 62.0 Å². The molecule has 0 N–H and O–H groups in total. The molecule has 10 aliphatic heterocycles. The van der Waals surface area contributed by atoms with Crippen molar-refractivity contribution in [3.8, 4) is 0 Å². The van der Waals surface area contributed by atoms with Gasteiger partial charge in [-0.3, -0.25) is 0 Å². The second-order valence-corrected chi connectivity index (χ2v) is 48.5. The van der Waals surface area contributed by atoms with Crippen LogP contribution in [-0.4, -0.2) is 44.5 Å². The molecule has 224 valence electrons. The van der Waals surface area contributed by atoms with E-state index >= 15 is 0 Å². The Kier molecular flexibility index (Phi) is 2.18. The van der Waals surface area contributed by atoms with Crippen LogP contribution >= 0.6 is 15.8 Å². The monoisotopic (exact) mass is 637 g/mol. The summed E-state index contributed by atoms with van der Waals surface area (Å²) >= 11 is 0. The van der Waals surface area contributed by atoms with E-state index in [0.29, 0.717) is 0 Å². The number of rotatable bonds is 8. The minimum absolute atomic E-state index is 0.108. The third-order valence-electron chi connectivity index (χ3n) is 23.0. The van der Waals surface area contributed by atoms with Crippen LogP contribution in [0.15, 0.2) is 60.7 Å². The van der Waals surface area contributed by atoms with Gasteiger partial charge in [-0.05, 0) is 0 Å². The van der Waals surface area contributed by atoms with Gasteiger partial charge in [0.25, 0.3) is 0 Å². The third kappa shape index (κ3) is 0.619. The van der Waals surface area contributed by atoms with Crippen LogP contribution in [-0.2, 0) is 6.51 Å². The van der Waals surface area contributed by atoms with E-state index in [9.17, 15) is 0 Å². The first kappa shape index (κ1) is 23.2. The summed E-state index contributed by atoms with van der Waals surface area (Å²) in [7, 11) is 4.89. The van der Waals surface area contributed by atoms with Crippen molar-refractivity contribution in [2.24, 2.45) is 0 Å². The maximum absolute atomic E-state index is 4.06. The van der Waals surface area contributed by atoms with Crippen LogP contribution in [0, 0.1) is 0 Å². The van der Waals surface area contributed by atoms with Crippen molar-refractivity contribution in [2.75, 3.05) is 14.1 Å². The summed E-state index contributed by atoms with van der Waals surface area (Å²) in [5.41, 5.74) is 2.26. The van der Waals surface area contributed by atoms with Gasteiger partial charge in [0.15, 0.2) is 0 Å². The van der Waals surface area contributed by atoms with E-state index in [0.717, 1.165) is 29.8 Å². The quantitative estimate of drug-likeness (QED) is 0.206. The fourth-order valence-corrected chi connectivity index (χ4v) is 136. The van der Waals surface area contributed by atoms with E-state index in [4.69, 9.17) is 0 Å². The zero-order chi connectivity index (χ0) is 27.6. The molecule has 1 nitrogen and oxygen atoms in total. The van der Waals surface area contributed by atoms with Crippen molar-refractivity contribution < 1.29 is 6.51 Å². The Morgan fingerprint density at radius 1 is 0.667 bits per heavy atom. The molecule has 2 saturated carbocycles. The fraction of sp³-hybridized carbons (Fsp3) is 0.684. The van der Waals surface area contributed by atoms with Crippen molar-refractivity contribution in [2.45, 2.75) is 135 Å². The summed E-state index contributed by atoms with van der Waals surface area (Å²) in [6.07, 6.45) is 15.8. The molecule has 0 bridgehead atoms. The standard InChI is InChI=1S/C33H44NP2.C5H5.Fe/c1-26(34(2)3)31-24-25-32(35(27-16-8-4-9-17-27)28-18-10-5-11-19-28)33(31)36(29-20-12-6-13-21-29)30-22-14-7-15-23-30;1-2-4-5-3-1;/h4-5,8-11,16-19,24-26,29-30H,6-7,12-15,20-23H2,1-3H3;1-5H;. The number of fused-ring (bicyclic) bond motifs is 10. The molecule has 2 aromatic rings. The van der Waals surface area contributed by atoms with Gasteiger partial charge in [-0.2, -0.15) is 0 Å². The van der Waals surface area contributed by atoms with E-state index in [1.807, 2.05) is 0 Å². The van der Waals surface area contributed by atoms with Gasteiger partial charge in [0.05, 0.1) is 0 Å². The Labute approximate surface area is 246 Å². The SMILES string of the molecule is CC(N(C)C)[C]12[CH]3[CH]4[C]5(P(c6ccccc6)c6ccccc6)[C]1(P(C1CCCCC1)C1CCCCC1)[Fe]34251678[CH]2[CH]1[CH]6[CH]7[CH]28. The Bertz CT molecular complexity index is 1920. The van der Waals surface area contributed by atoms with Gasteiger partial charge in [0.2, 0.25) is 0 Å². The first-order chi connectivity index (χ1) is 20.4. The van der Waals surface area contributed by atoms with Crippen LogP contribution < -0.4 is 10.6 Å². The zero-order valence-electron chi connectivity index (χ0n) is 25.8. The van der Waals surface area contributed by atoms with Crippen molar-refractivity contribution >= 4 is 26.5 Å². The van der Waals surface area contributed by atoms with E-state index in [2.05, 4.69) is 86.6 Å². The Morgan fingerprint density at radius 2 is 1.12 bits per heavy atom. The maximum atomic E-state index is 2.83. The molecule has 1 spiro atoms. The second kappa shape index (κ2) is 3.95. The molecule has 6 atom stereocenters. The van der Waals surface area contributed by atoms with Gasteiger partial charge in [-0.25, -0.2) is 0 Å². The van der Waals surface area contributed by atoms with Gasteiger partial charge in [0, 0.05) is 0 Å². The molecule has 14 rings (SSSR count). The van der Waals surface area contributed by atoms with E-state index in [1.165, 1.54) is 46.6 Å². The Hall–Kier alpha value is -0.221. The summed E-state index contributed by atoms with van der Waals surface area (Å²) in [4.78, 5) is 12.2. The summed E-state index contributed by atoms with van der Waals surface area (Å²) in [5, 5.41) is 3.61. The predicted octanol–water partition coefficient (Wildman–Crippen LogP) is 9.79. The Balaban J connectivity index is 1.14. The predicted molar refractivity (Wildman–Crippen MR) is 177 cm³/mol. The van der Waals surface area contributed by atoms with Gasteiger partial charge in [-0.15, -0.1) is 0 Å². The van der Waals surface area contributed by atoms with Crippen LogP contribution in [0.3, 0.4) is 0 Å². The van der Waals surface area contributed by atoms with Crippen molar-refractivity contribution in [3.05, 3.63) is 60.7 Å². The first-order valence-electron chi connectivity index (χ1n) is 17.9. The zero-order valence-corrected chi connectivity index (χ0v) is 28.7. The number of hydrogen-bond acceptors (Lipinski definition) is 1. The molecule has 42 heavy (non-hydrogen) atoms. The number of hydrogen-bond donors (Lipinski definition) is 0. The minimum atomic E-state index is -4.06. The molecular formula is C38H49FeNP2. The molecule has 12 aliphatic rings. The van der Waals surface area contributed by atoms with Crippen molar-refractivity contribution in [1.29, 1.82) is 0 Å². The van der Waals surface area contributed by atoms with Crippen LogP contribution in [0.2, 0.25) is 38.0 Å². The molecule has 0 radical (unpaired) electrons. The molecule has 12 fully saturated rings. The number of nitrogens with zero attached hydrogens (tertiary/aromatic N) is 1. The van der Waals surface area contributed by atoms with Gasteiger partial charge >= 0.3 is 247 Å². The molecule has 10 saturated heterocycles. The molecule has 6 unspecified atom stereocenters. The molecular weight excluding hydrogens is 588 g/mol. The topological polar surface area (TPSA) is 3.24 Å². The molecule has 2 aliphatic carbocycles. The van der Waals surface area contributed by atoms with Crippen LogP contribution in [0.4, 0.5) is 0 Å². The molecule has 0 aromatic heterocycles. The summed E-state index contributed by atoms with van der Waals surface area (Å²) in [5.74, 6) is 0. The summed E-state index contributed by atoms with van der Waals surface area (Å²) < 4.78 is 2.61. The van der Waals surface area contributed by atoms with Crippen LogP contribution in [0.25, 0.3) is 0 Å². The molecule has 10 heterocycles. The average molecular weight is 638 g/mol. The van der Waals surface area contributed by atoms with Gasteiger partial charge < -0.3 is 0 Å². The van der Waals surface area contributed by atoms with Crippen LogP contribution in [0.1, 0.15) is 71.1 Å². The molecule has 4 heteroatoms. The normalized spacial score (nSPS) is 65.2. The molecule has 0 amide bonds. The van der Waals surface area contributed by atoms with Crippen molar-refractivity contribution in [3.63, 3.8) is 0 Å². The third-order valence-corrected chi connectivity index (χ3v) is 81.8. The van der Waals surface area contributed by atoms with Crippen molar-refractivity contribution in [1.82, 2.24) is 4.90 Å². The fourth-order valence-electron chi connectivity index (χ4n) is 25.0. The van der Waals surface area contributed by atoms with E-state index in [-0.39, 0.29) is 15.8 Å². The summed E-state index contributed by atoms with van der Waals surface area (Å²) in [6, 6.07) is 25.7. The number of benzene rings is 2. The Morgan fingerprint density at radius 3 is 1.52 bits per heavy atom. The second-order valence-electron chi connectivity index (χ2n) is 19.4. The van der Waals surface area contributed by atoms with E-state index < -0.39 is 6.51 Å². The van der Waals surface area contributed by atoms with Crippen LogP contribution in [0.5, 0.6) is 0 Å². The van der Waals surface area contributed by atoms with Gasteiger partial charge in [-0.1, -0.05) is 0 Å². The summed E-state index contributed by atoms with van der Waals surface area (Å²) in [6.45, 7) is -1.23. The first-order valence-corrected chi connectivity index (χ1v) is 26.9. The average Bonchev–Trinajstić information content (AvgIpc) is 3.99. The van der Waals surface area contributed by atoms with Gasteiger partial charge in [0.1, 0.15) is 0 Å². The molecule has 2 aromatic carbocycles.